The van der Waals surface area contributed by atoms with Crippen LogP contribution in [0.4, 0.5) is 5.69 Å². The highest BCUT2D eigenvalue weighted by molar-refractivity contribution is 9.11. The molecule has 0 spiro atoms. The Hall–Kier alpha value is -3.80. The van der Waals surface area contributed by atoms with E-state index >= 15 is 0 Å². The van der Waals surface area contributed by atoms with Crippen molar-refractivity contribution in [3.05, 3.63) is 93.1 Å². The highest BCUT2D eigenvalue weighted by atomic mass is 79.9. The Morgan fingerprint density at radius 1 is 0.756 bits per heavy atom. The van der Waals surface area contributed by atoms with Crippen LogP contribution in [0.25, 0.3) is 10.4 Å². The molecule has 0 unspecified atom stereocenters. The van der Waals surface area contributed by atoms with Gasteiger partial charge in [-0.2, -0.15) is 0 Å². The average Bonchev–Trinajstić information content (AvgIpc) is 2.96. The minimum atomic E-state index is -1.39. The molecule has 3 aromatic carbocycles. The Labute approximate surface area is 287 Å². The molecule has 14 nitrogen and oxygen atoms in total. The molecule has 0 saturated heterocycles. The monoisotopic (exact) mass is 874 g/mol. The molecule has 1 amide bonds. The number of carbonyl (C=O) groups excluding carboxylic acids is 3. The van der Waals surface area contributed by atoms with Crippen molar-refractivity contribution in [2.45, 2.75) is 6.42 Å². The predicted octanol–water partition coefficient (Wildman–Crippen LogP) is 7.23. The molecule has 0 radical (unpaired) electrons. The van der Waals surface area contributed by atoms with Crippen LogP contribution >= 0.6 is 63.7 Å². The standard InChI is InChI=1S/C27H18Br4N4O10/c28-14-8-17(24(37)38)22(19(30)10-14)44-26(41)12-5-13(7-16(6-12)34-21(36)1-3-43-4-2-33-35-32)27(42)45-23-18(25(39)40)9-15(29)11-20(23)31/h5-11H,1-4H2,(H,34,36)(H,37,38)(H,39,40). The van der Waals surface area contributed by atoms with Gasteiger partial charge in [0.25, 0.3) is 0 Å². The van der Waals surface area contributed by atoms with Crippen LogP contribution in [-0.4, -0.2) is 59.8 Å². The molecule has 0 atom stereocenters. The zero-order valence-corrected chi connectivity index (χ0v) is 28.7. The molecular formula is C27H18Br4N4O10. The molecule has 0 bridgehead atoms. The Morgan fingerprint density at radius 3 is 1.69 bits per heavy atom. The first-order valence-corrected chi connectivity index (χ1v) is 15.4. The number of rotatable bonds is 13. The van der Waals surface area contributed by atoms with Crippen LogP contribution < -0.4 is 14.8 Å². The van der Waals surface area contributed by atoms with Crippen LogP contribution in [0.2, 0.25) is 0 Å². The number of ether oxygens (including phenoxy) is 3. The number of hydrogen-bond acceptors (Lipinski definition) is 9. The van der Waals surface area contributed by atoms with Gasteiger partial charge in [0.15, 0.2) is 11.5 Å². The van der Waals surface area contributed by atoms with E-state index in [1.165, 1.54) is 36.4 Å². The van der Waals surface area contributed by atoms with Gasteiger partial charge in [-0.3, -0.25) is 4.79 Å². The highest BCUT2D eigenvalue weighted by Gasteiger charge is 2.24. The van der Waals surface area contributed by atoms with Gasteiger partial charge >= 0.3 is 23.9 Å². The quantitative estimate of drug-likeness (QED) is 0.0391. The third kappa shape index (κ3) is 10.1. The van der Waals surface area contributed by atoms with Crippen molar-refractivity contribution in [3.63, 3.8) is 0 Å². The second-order valence-electron chi connectivity index (χ2n) is 8.58. The molecule has 3 N–H and O–H groups in total. The molecule has 0 fully saturated rings. The summed E-state index contributed by atoms with van der Waals surface area (Å²) in [5.74, 6) is -6.18. The lowest BCUT2D eigenvalue weighted by atomic mass is 10.1. The third-order valence-electron chi connectivity index (χ3n) is 5.43. The van der Waals surface area contributed by atoms with E-state index in [9.17, 15) is 34.2 Å². The van der Waals surface area contributed by atoms with E-state index in [0.717, 1.165) is 6.07 Å². The summed E-state index contributed by atoms with van der Waals surface area (Å²) in [5, 5.41) is 25.1. The molecule has 0 heterocycles. The van der Waals surface area contributed by atoms with E-state index in [1.54, 1.807) is 0 Å². The minimum absolute atomic E-state index is 0.0332. The Morgan fingerprint density at radius 2 is 1.24 bits per heavy atom. The molecular weight excluding hydrogens is 860 g/mol. The largest absolute Gasteiger partial charge is 0.478 e. The number of hydrogen-bond donors (Lipinski definition) is 3. The fourth-order valence-corrected chi connectivity index (χ4v) is 6.14. The summed E-state index contributed by atoms with van der Waals surface area (Å²) in [6, 6.07) is 8.80. The predicted molar refractivity (Wildman–Crippen MR) is 172 cm³/mol. The number of carboxylic acids is 2. The van der Waals surface area contributed by atoms with Gasteiger partial charge in [-0.15, -0.1) is 0 Å². The molecule has 0 aliphatic heterocycles. The number of aromatic carboxylic acids is 2. The van der Waals surface area contributed by atoms with Crippen LogP contribution in [0.5, 0.6) is 11.5 Å². The van der Waals surface area contributed by atoms with Gasteiger partial charge in [0.1, 0.15) is 11.1 Å². The first-order chi connectivity index (χ1) is 21.3. The van der Waals surface area contributed by atoms with Crippen molar-refractivity contribution in [3.8, 4) is 11.5 Å². The van der Waals surface area contributed by atoms with Gasteiger partial charge in [-0.25, -0.2) is 19.2 Å². The SMILES string of the molecule is [N-]=[N+]=NCCOCCC(=O)Nc1cc(C(=O)Oc2c(Br)cc(Br)cc2C(=O)O)cc(C(=O)Oc2c(Br)cc(Br)cc2C(=O)O)c1. The lowest BCUT2D eigenvalue weighted by molar-refractivity contribution is -0.117. The number of carboxylic acid groups (broad SMARTS) is 2. The number of nitrogens with one attached hydrogen (secondary N) is 1. The topological polar surface area (TPSA) is 214 Å². The molecule has 234 valence electrons. The van der Waals surface area contributed by atoms with E-state index in [-0.39, 0.29) is 74.6 Å². The van der Waals surface area contributed by atoms with Crippen LogP contribution in [-0.2, 0) is 9.53 Å². The van der Waals surface area contributed by atoms with Crippen LogP contribution in [0.3, 0.4) is 0 Å². The first-order valence-electron chi connectivity index (χ1n) is 12.2. The smallest absolute Gasteiger partial charge is 0.343 e. The number of benzene rings is 3. The lowest BCUT2D eigenvalue weighted by Crippen LogP contribution is -2.18. The number of azide groups is 1. The zero-order chi connectivity index (χ0) is 33.3. The second kappa shape index (κ2) is 16.5. The van der Waals surface area contributed by atoms with Gasteiger partial charge in [-0.05, 0) is 79.9 Å². The summed E-state index contributed by atoms with van der Waals surface area (Å²) >= 11 is 12.7. The van der Waals surface area contributed by atoms with Crippen LogP contribution in [0.1, 0.15) is 47.9 Å². The van der Waals surface area contributed by atoms with E-state index in [0.29, 0.717) is 8.95 Å². The molecule has 0 saturated carbocycles. The van der Waals surface area contributed by atoms with Gasteiger partial charge in [0.05, 0.1) is 39.7 Å². The highest BCUT2D eigenvalue weighted by Crippen LogP contribution is 2.35. The van der Waals surface area contributed by atoms with Crippen molar-refractivity contribution in [1.82, 2.24) is 0 Å². The van der Waals surface area contributed by atoms with Gasteiger partial charge in [0.2, 0.25) is 5.91 Å². The molecule has 0 aromatic heterocycles. The maximum absolute atomic E-state index is 13.3. The van der Waals surface area contributed by atoms with E-state index < -0.39 is 29.8 Å². The Kier molecular flexibility index (Phi) is 13.1. The Balaban J connectivity index is 1.97. The summed E-state index contributed by atoms with van der Waals surface area (Å²) in [4.78, 5) is 65.3. The summed E-state index contributed by atoms with van der Waals surface area (Å²) in [5.41, 5.74) is 6.98. The fraction of sp³-hybridized carbons (Fsp3) is 0.148. The van der Waals surface area contributed by atoms with Crippen molar-refractivity contribution >= 4 is 99.2 Å². The zero-order valence-electron chi connectivity index (χ0n) is 22.4. The first kappa shape index (κ1) is 35.7. The number of anilines is 1. The van der Waals surface area contributed by atoms with Gasteiger partial charge in [-0.1, -0.05) is 37.0 Å². The average molecular weight is 878 g/mol. The number of esters is 2. The molecule has 3 rings (SSSR count). The van der Waals surface area contributed by atoms with E-state index in [4.69, 9.17) is 19.7 Å². The van der Waals surface area contributed by atoms with Crippen LogP contribution in [0.15, 0.2) is 65.5 Å². The summed E-state index contributed by atoms with van der Waals surface area (Å²) in [7, 11) is 0. The Bertz CT molecular complexity index is 1640. The maximum Gasteiger partial charge on any atom is 0.343 e. The fourth-order valence-electron chi connectivity index (χ4n) is 3.53. The maximum atomic E-state index is 13.3. The third-order valence-corrected chi connectivity index (χ3v) is 7.52. The van der Waals surface area contributed by atoms with Crippen LogP contribution in [0, 0.1) is 0 Å². The number of nitrogens with zero attached hydrogens (tertiary/aromatic N) is 3. The molecule has 0 aliphatic carbocycles. The molecule has 45 heavy (non-hydrogen) atoms. The molecule has 18 heteroatoms. The van der Waals surface area contributed by atoms with Crippen molar-refractivity contribution in [1.29, 1.82) is 0 Å². The molecule has 0 aliphatic rings. The van der Waals surface area contributed by atoms with Crippen molar-refractivity contribution in [2.24, 2.45) is 5.11 Å². The number of carbonyl (C=O) groups is 5. The van der Waals surface area contributed by atoms with Gasteiger partial charge < -0.3 is 29.7 Å². The minimum Gasteiger partial charge on any atom is -0.478 e. The number of amides is 1. The summed E-state index contributed by atoms with van der Waals surface area (Å²) in [6.07, 6.45) is -0.146. The van der Waals surface area contributed by atoms with Gasteiger partial charge in [0, 0.05) is 26.1 Å². The number of halogens is 4. The van der Waals surface area contributed by atoms with Crippen molar-refractivity contribution in [2.75, 3.05) is 25.1 Å². The summed E-state index contributed by atoms with van der Waals surface area (Å²) in [6.45, 7) is 0.126. The lowest BCUT2D eigenvalue weighted by Gasteiger charge is -2.14. The normalized spacial score (nSPS) is 10.4. The second-order valence-corrected chi connectivity index (χ2v) is 12.1. The van der Waals surface area contributed by atoms with Crippen molar-refractivity contribution < 1.29 is 48.4 Å². The van der Waals surface area contributed by atoms with E-state index in [2.05, 4.69) is 79.1 Å². The summed E-state index contributed by atoms with van der Waals surface area (Å²) < 4.78 is 17.0. The van der Waals surface area contributed by atoms with E-state index in [1.807, 2.05) is 0 Å². The molecule has 3 aromatic rings.